The first-order chi connectivity index (χ1) is 13.1. The molecule has 5 nitrogen and oxygen atoms in total. The number of thiophene rings is 1. The normalized spacial score (nSPS) is 12.0. The van der Waals surface area contributed by atoms with E-state index in [4.69, 9.17) is 14.8 Å². The summed E-state index contributed by atoms with van der Waals surface area (Å²) >= 11 is 1.57. The Kier molecular flexibility index (Phi) is 4.56. The zero-order valence-corrected chi connectivity index (χ0v) is 15.3. The van der Waals surface area contributed by atoms with E-state index in [-0.39, 0.29) is 0 Å². The molecule has 27 heavy (non-hydrogen) atoms. The van der Waals surface area contributed by atoms with Crippen LogP contribution < -0.4 is 4.74 Å². The summed E-state index contributed by atoms with van der Waals surface area (Å²) in [5, 5.41) is 11.1. The van der Waals surface area contributed by atoms with Crippen molar-refractivity contribution < 1.29 is 14.6 Å². The van der Waals surface area contributed by atoms with E-state index in [1.165, 1.54) is 0 Å². The summed E-state index contributed by atoms with van der Waals surface area (Å²) < 4.78 is 6.02. The summed E-state index contributed by atoms with van der Waals surface area (Å²) in [5.74, 6) is -0.417. The number of carboxylic acid groups (broad SMARTS) is 1. The molecule has 0 radical (unpaired) electrons. The Morgan fingerprint density at radius 2 is 1.70 bits per heavy atom. The lowest BCUT2D eigenvalue weighted by molar-refractivity contribution is -0.138. The fourth-order valence-electron chi connectivity index (χ4n) is 2.71. The van der Waals surface area contributed by atoms with Crippen LogP contribution in [0.1, 0.15) is 18.4 Å². The van der Waals surface area contributed by atoms with E-state index < -0.39 is 11.9 Å². The molecule has 0 aliphatic rings. The third-order valence-corrected chi connectivity index (χ3v) is 5.13. The van der Waals surface area contributed by atoms with Gasteiger partial charge in [-0.15, -0.1) is 11.3 Å². The van der Waals surface area contributed by atoms with Crippen LogP contribution in [-0.4, -0.2) is 21.0 Å². The Balaban J connectivity index is 1.72. The number of ether oxygens (including phenoxy) is 1. The molecule has 0 aliphatic carbocycles. The molecule has 4 aromatic rings. The molecule has 1 atom stereocenters. The van der Waals surface area contributed by atoms with Crippen LogP contribution in [0.25, 0.3) is 21.6 Å². The number of hydrogen-bond donors (Lipinski definition) is 1. The van der Waals surface area contributed by atoms with Crippen molar-refractivity contribution in [2.24, 2.45) is 0 Å². The Labute approximate surface area is 159 Å². The molecule has 1 unspecified atom stereocenters. The van der Waals surface area contributed by atoms with Gasteiger partial charge in [0.2, 0.25) is 5.88 Å². The fourth-order valence-corrected chi connectivity index (χ4v) is 3.41. The number of benzene rings is 2. The smallest absolute Gasteiger partial charge is 0.310 e. The number of carboxylic acids is 1. The Morgan fingerprint density at radius 3 is 2.33 bits per heavy atom. The lowest BCUT2D eigenvalue weighted by Gasteiger charge is -2.11. The third-order valence-electron chi connectivity index (χ3n) is 4.26. The van der Waals surface area contributed by atoms with Crippen molar-refractivity contribution in [1.82, 2.24) is 9.97 Å². The summed E-state index contributed by atoms with van der Waals surface area (Å²) in [6, 6.07) is 18.6. The largest absolute Gasteiger partial charge is 0.481 e. The van der Waals surface area contributed by atoms with Gasteiger partial charge in [0, 0.05) is 0 Å². The minimum atomic E-state index is -0.857. The topological polar surface area (TPSA) is 72.3 Å². The lowest BCUT2D eigenvalue weighted by Crippen LogP contribution is -2.07. The van der Waals surface area contributed by atoms with Gasteiger partial charge < -0.3 is 9.84 Å². The lowest BCUT2D eigenvalue weighted by atomic mass is 10.0. The first-order valence-electron chi connectivity index (χ1n) is 8.43. The summed E-state index contributed by atoms with van der Waals surface area (Å²) in [6.45, 7) is 1.65. The predicted octanol–water partition coefficient (Wildman–Crippen LogP) is 5.34. The van der Waals surface area contributed by atoms with Gasteiger partial charge in [-0.3, -0.25) is 4.79 Å². The first kappa shape index (κ1) is 17.2. The van der Waals surface area contributed by atoms with E-state index in [2.05, 4.69) is 4.98 Å². The molecule has 134 valence electrons. The number of aliphatic carboxylic acids is 1. The SMILES string of the molecule is CC(C(=O)O)c1ccc(Oc2nc3ccccc3nc2-c2cccs2)cc1. The van der Waals surface area contributed by atoms with Crippen LogP contribution in [0.15, 0.2) is 66.0 Å². The van der Waals surface area contributed by atoms with Crippen molar-refractivity contribution in [1.29, 1.82) is 0 Å². The maximum absolute atomic E-state index is 11.1. The molecule has 0 fully saturated rings. The molecule has 0 saturated heterocycles. The van der Waals surface area contributed by atoms with Crippen LogP contribution in [0.3, 0.4) is 0 Å². The molecule has 1 N–H and O–H groups in total. The highest BCUT2D eigenvalue weighted by Gasteiger charge is 2.16. The summed E-state index contributed by atoms with van der Waals surface area (Å²) in [6.07, 6.45) is 0. The Hall–Kier alpha value is -3.25. The zero-order valence-electron chi connectivity index (χ0n) is 14.5. The van der Waals surface area contributed by atoms with Crippen molar-refractivity contribution in [3.63, 3.8) is 0 Å². The van der Waals surface area contributed by atoms with Gasteiger partial charge in [-0.1, -0.05) is 30.3 Å². The van der Waals surface area contributed by atoms with Gasteiger partial charge in [-0.25, -0.2) is 9.97 Å². The van der Waals surface area contributed by atoms with Crippen LogP contribution in [-0.2, 0) is 4.79 Å². The van der Waals surface area contributed by atoms with Gasteiger partial charge in [-0.2, -0.15) is 0 Å². The molecule has 2 aromatic carbocycles. The summed E-state index contributed by atoms with van der Waals surface area (Å²) in [5.41, 5.74) is 2.97. The first-order valence-corrected chi connectivity index (χ1v) is 9.31. The standard InChI is InChI=1S/C21H16N2O3S/c1-13(21(24)25)14-8-10-15(11-9-14)26-20-19(18-7-4-12-27-18)22-16-5-2-3-6-17(16)23-20/h2-13H,1H3,(H,24,25). The predicted molar refractivity (Wildman–Crippen MR) is 105 cm³/mol. The second-order valence-electron chi connectivity index (χ2n) is 6.07. The van der Waals surface area contributed by atoms with E-state index in [1.807, 2.05) is 41.8 Å². The molecule has 2 heterocycles. The summed E-state index contributed by atoms with van der Waals surface area (Å²) in [7, 11) is 0. The number of nitrogens with zero attached hydrogens (tertiary/aromatic N) is 2. The number of hydrogen-bond acceptors (Lipinski definition) is 5. The van der Waals surface area contributed by atoms with Gasteiger partial charge in [0.05, 0.1) is 21.8 Å². The minimum Gasteiger partial charge on any atom is -0.481 e. The van der Waals surface area contributed by atoms with Crippen LogP contribution in [0.2, 0.25) is 0 Å². The van der Waals surface area contributed by atoms with E-state index in [9.17, 15) is 4.79 Å². The highest BCUT2D eigenvalue weighted by atomic mass is 32.1. The van der Waals surface area contributed by atoms with Gasteiger partial charge >= 0.3 is 5.97 Å². The second-order valence-corrected chi connectivity index (χ2v) is 7.02. The average Bonchev–Trinajstić information content (AvgIpc) is 3.22. The molecule has 0 aliphatic heterocycles. The van der Waals surface area contributed by atoms with Crippen LogP contribution in [0.5, 0.6) is 11.6 Å². The molecule has 0 saturated carbocycles. The zero-order chi connectivity index (χ0) is 18.8. The van der Waals surface area contributed by atoms with Crippen molar-refractivity contribution in [2.45, 2.75) is 12.8 Å². The fraction of sp³-hybridized carbons (Fsp3) is 0.0952. The van der Waals surface area contributed by atoms with Gasteiger partial charge in [0.25, 0.3) is 0 Å². The van der Waals surface area contributed by atoms with E-state index in [1.54, 1.807) is 42.5 Å². The molecule has 6 heteroatoms. The van der Waals surface area contributed by atoms with Crippen LogP contribution in [0.4, 0.5) is 0 Å². The quantitative estimate of drug-likeness (QED) is 0.509. The van der Waals surface area contributed by atoms with E-state index in [0.29, 0.717) is 17.3 Å². The van der Waals surface area contributed by atoms with Crippen molar-refractivity contribution in [2.75, 3.05) is 0 Å². The molecule has 0 amide bonds. The number of fused-ring (bicyclic) bond motifs is 1. The average molecular weight is 376 g/mol. The number of carbonyl (C=O) groups is 1. The molecule has 0 bridgehead atoms. The molecular formula is C21H16N2O3S. The highest BCUT2D eigenvalue weighted by Crippen LogP contribution is 2.34. The Bertz CT molecular complexity index is 1090. The van der Waals surface area contributed by atoms with Crippen molar-refractivity contribution in [3.8, 4) is 22.2 Å². The molecule has 0 spiro atoms. The van der Waals surface area contributed by atoms with Gasteiger partial charge in [0.15, 0.2) is 0 Å². The minimum absolute atomic E-state index is 0.426. The number of rotatable bonds is 5. The van der Waals surface area contributed by atoms with Crippen molar-refractivity contribution in [3.05, 3.63) is 71.6 Å². The maximum Gasteiger partial charge on any atom is 0.310 e. The summed E-state index contributed by atoms with van der Waals surface area (Å²) in [4.78, 5) is 21.5. The number of aromatic nitrogens is 2. The van der Waals surface area contributed by atoms with E-state index in [0.717, 1.165) is 21.5 Å². The Morgan fingerprint density at radius 1 is 1.00 bits per heavy atom. The van der Waals surface area contributed by atoms with Gasteiger partial charge in [0.1, 0.15) is 11.4 Å². The van der Waals surface area contributed by atoms with Crippen LogP contribution >= 0.6 is 11.3 Å². The monoisotopic (exact) mass is 376 g/mol. The highest BCUT2D eigenvalue weighted by molar-refractivity contribution is 7.13. The van der Waals surface area contributed by atoms with E-state index >= 15 is 0 Å². The van der Waals surface area contributed by atoms with Crippen LogP contribution in [0, 0.1) is 0 Å². The van der Waals surface area contributed by atoms with Crippen molar-refractivity contribution >= 4 is 28.3 Å². The third kappa shape index (κ3) is 3.52. The molecule has 2 aromatic heterocycles. The number of para-hydroxylation sites is 2. The van der Waals surface area contributed by atoms with Gasteiger partial charge in [-0.05, 0) is 48.2 Å². The molecular weight excluding hydrogens is 360 g/mol. The second kappa shape index (κ2) is 7.17. The molecule has 4 rings (SSSR count). The maximum atomic E-state index is 11.1.